The van der Waals surface area contributed by atoms with Gasteiger partial charge in [-0.25, -0.2) is 0 Å². The number of hydrogen-bond donors (Lipinski definition) is 2. The number of methoxy groups -OCH3 is 1. The molecular formula is C13H27NO2. The Balaban J connectivity index is 2.58. The number of ether oxygens (including phenoxy) is 1. The third kappa shape index (κ3) is 3.72. The molecule has 96 valence electrons. The van der Waals surface area contributed by atoms with E-state index >= 15 is 0 Å². The molecule has 0 spiro atoms. The van der Waals surface area contributed by atoms with Crippen molar-refractivity contribution in [1.29, 1.82) is 0 Å². The van der Waals surface area contributed by atoms with Crippen molar-refractivity contribution < 1.29 is 9.84 Å². The summed E-state index contributed by atoms with van der Waals surface area (Å²) >= 11 is 0. The summed E-state index contributed by atoms with van der Waals surface area (Å²) in [4.78, 5) is 0. The van der Waals surface area contributed by atoms with Crippen LogP contribution < -0.4 is 5.73 Å². The van der Waals surface area contributed by atoms with Gasteiger partial charge >= 0.3 is 0 Å². The van der Waals surface area contributed by atoms with Gasteiger partial charge in [-0.3, -0.25) is 0 Å². The third-order valence-corrected chi connectivity index (χ3v) is 3.90. The molecule has 1 aliphatic rings. The van der Waals surface area contributed by atoms with Gasteiger partial charge in [0, 0.05) is 7.11 Å². The van der Waals surface area contributed by atoms with E-state index in [4.69, 9.17) is 10.5 Å². The van der Waals surface area contributed by atoms with E-state index in [2.05, 4.69) is 6.92 Å². The Morgan fingerprint density at radius 3 is 2.75 bits per heavy atom. The maximum atomic E-state index is 10.7. The van der Waals surface area contributed by atoms with Gasteiger partial charge in [-0.15, -0.1) is 0 Å². The van der Waals surface area contributed by atoms with Crippen LogP contribution in [0.1, 0.15) is 45.4 Å². The summed E-state index contributed by atoms with van der Waals surface area (Å²) < 4.78 is 5.20. The van der Waals surface area contributed by atoms with Crippen molar-refractivity contribution in [2.45, 2.75) is 51.0 Å². The largest absolute Gasteiger partial charge is 0.387 e. The first-order valence-corrected chi connectivity index (χ1v) is 6.53. The highest BCUT2D eigenvalue weighted by Gasteiger charge is 2.38. The molecule has 1 rings (SSSR count). The summed E-state index contributed by atoms with van der Waals surface area (Å²) in [7, 11) is 1.67. The summed E-state index contributed by atoms with van der Waals surface area (Å²) in [6, 6.07) is 0. The second-order valence-corrected chi connectivity index (χ2v) is 5.40. The van der Waals surface area contributed by atoms with Crippen molar-refractivity contribution >= 4 is 0 Å². The average Bonchev–Trinajstić information content (AvgIpc) is 2.27. The highest BCUT2D eigenvalue weighted by molar-refractivity contribution is 4.89. The number of nitrogens with two attached hydrogens (primary N) is 1. The molecule has 3 atom stereocenters. The van der Waals surface area contributed by atoms with Crippen LogP contribution in [0.4, 0.5) is 0 Å². The van der Waals surface area contributed by atoms with Gasteiger partial charge in [0.15, 0.2) is 0 Å². The van der Waals surface area contributed by atoms with E-state index in [9.17, 15) is 5.11 Å². The summed E-state index contributed by atoms with van der Waals surface area (Å²) in [6.07, 6.45) is 6.45. The fourth-order valence-electron chi connectivity index (χ4n) is 2.97. The molecule has 0 saturated heterocycles. The Labute approximate surface area is 99.4 Å². The van der Waals surface area contributed by atoms with E-state index in [0.29, 0.717) is 19.1 Å². The Hall–Kier alpha value is -0.120. The molecule has 0 radical (unpaired) electrons. The SMILES string of the molecule is COCC(O)(CCCN)C1CCCC(C)C1. The molecule has 1 fully saturated rings. The zero-order valence-corrected chi connectivity index (χ0v) is 10.7. The van der Waals surface area contributed by atoms with Gasteiger partial charge < -0.3 is 15.6 Å². The number of rotatable bonds is 6. The van der Waals surface area contributed by atoms with Crippen molar-refractivity contribution in [2.75, 3.05) is 20.3 Å². The van der Waals surface area contributed by atoms with Gasteiger partial charge in [0.2, 0.25) is 0 Å². The van der Waals surface area contributed by atoms with Crippen LogP contribution in [-0.2, 0) is 4.74 Å². The van der Waals surface area contributed by atoms with Crippen LogP contribution in [0.2, 0.25) is 0 Å². The molecule has 0 aromatic carbocycles. The lowest BCUT2D eigenvalue weighted by Gasteiger charge is -2.40. The van der Waals surface area contributed by atoms with Gasteiger partial charge in [-0.05, 0) is 44.1 Å². The minimum Gasteiger partial charge on any atom is -0.387 e. The molecular weight excluding hydrogens is 202 g/mol. The molecule has 0 aliphatic heterocycles. The normalized spacial score (nSPS) is 30.0. The molecule has 0 amide bonds. The van der Waals surface area contributed by atoms with Gasteiger partial charge in [-0.1, -0.05) is 19.8 Å². The molecule has 1 saturated carbocycles. The topological polar surface area (TPSA) is 55.5 Å². The molecule has 1 aliphatic carbocycles. The standard InChI is InChI=1S/C13H27NO2/c1-11-5-3-6-12(9-11)13(15,10-16-2)7-4-8-14/h11-12,15H,3-10,14H2,1-2H3. The Morgan fingerprint density at radius 2 is 2.19 bits per heavy atom. The van der Waals surface area contributed by atoms with Gasteiger partial charge in [0.05, 0.1) is 12.2 Å². The molecule has 0 bridgehead atoms. The van der Waals surface area contributed by atoms with Crippen LogP contribution in [0.15, 0.2) is 0 Å². The monoisotopic (exact) mass is 229 g/mol. The minimum atomic E-state index is -0.650. The Morgan fingerprint density at radius 1 is 1.44 bits per heavy atom. The summed E-state index contributed by atoms with van der Waals surface area (Å²) in [5.74, 6) is 1.13. The summed E-state index contributed by atoms with van der Waals surface area (Å²) in [5, 5.41) is 10.7. The van der Waals surface area contributed by atoms with Crippen molar-refractivity contribution in [3.63, 3.8) is 0 Å². The first kappa shape index (κ1) is 13.9. The average molecular weight is 229 g/mol. The number of aliphatic hydroxyl groups is 1. The van der Waals surface area contributed by atoms with Gasteiger partial charge in [0.1, 0.15) is 0 Å². The Kier molecular flexibility index (Phi) is 5.73. The van der Waals surface area contributed by atoms with E-state index in [0.717, 1.165) is 31.6 Å². The van der Waals surface area contributed by atoms with E-state index in [1.165, 1.54) is 12.8 Å². The maximum Gasteiger partial charge on any atom is 0.0908 e. The smallest absolute Gasteiger partial charge is 0.0908 e. The molecule has 3 unspecified atom stereocenters. The van der Waals surface area contributed by atoms with Crippen molar-refractivity contribution in [3.05, 3.63) is 0 Å². The van der Waals surface area contributed by atoms with Crippen LogP contribution in [0.3, 0.4) is 0 Å². The summed E-state index contributed by atoms with van der Waals surface area (Å²) in [5.41, 5.74) is 4.89. The fourth-order valence-corrected chi connectivity index (χ4v) is 2.97. The molecule has 0 aromatic rings. The molecule has 3 nitrogen and oxygen atoms in total. The van der Waals surface area contributed by atoms with E-state index < -0.39 is 5.60 Å². The van der Waals surface area contributed by atoms with Crippen LogP contribution >= 0.6 is 0 Å². The summed E-state index contributed by atoms with van der Waals surface area (Å²) in [6.45, 7) is 3.38. The van der Waals surface area contributed by atoms with E-state index in [1.807, 2.05) is 0 Å². The second kappa shape index (κ2) is 6.58. The highest BCUT2D eigenvalue weighted by atomic mass is 16.5. The van der Waals surface area contributed by atoms with Crippen molar-refractivity contribution in [3.8, 4) is 0 Å². The van der Waals surface area contributed by atoms with Crippen molar-refractivity contribution in [2.24, 2.45) is 17.6 Å². The van der Waals surface area contributed by atoms with Gasteiger partial charge in [0.25, 0.3) is 0 Å². The number of hydrogen-bond acceptors (Lipinski definition) is 3. The lowest BCUT2D eigenvalue weighted by molar-refractivity contribution is -0.0942. The van der Waals surface area contributed by atoms with Crippen LogP contribution in [-0.4, -0.2) is 31.0 Å². The third-order valence-electron chi connectivity index (χ3n) is 3.90. The second-order valence-electron chi connectivity index (χ2n) is 5.40. The lowest BCUT2D eigenvalue weighted by Crippen LogP contribution is -2.44. The van der Waals surface area contributed by atoms with Crippen molar-refractivity contribution in [1.82, 2.24) is 0 Å². The Bertz CT molecular complexity index is 198. The molecule has 16 heavy (non-hydrogen) atoms. The minimum absolute atomic E-state index is 0.391. The zero-order valence-electron chi connectivity index (χ0n) is 10.7. The predicted molar refractivity (Wildman–Crippen MR) is 66.2 cm³/mol. The molecule has 0 aromatic heterocycles. The maximum absolute atomic E-state index is 10.7. The lowest BCUT2D eigenvalue weighted by atomic mass is 9.72. The van der Waals surface area contributed by atoms with E-state index in [1.54, 1.807) is 7.11 Å². The molecule has 3 N–H and O–H groups in total. The highest BCUT2D eigenvalue weighted by Crippen LogP contribution is 2.38. The fraction of sp³-hybridized carbons (Fsp3) is 1.00. The van der Waals surface area contributed by atoms with Gasteiger partial charge in [-0.2, -0.15) is 0 Å². The quantitative estimate of drug-likeness (QED) is 0.731. The van der Waals surface area contributed by atoms with Crippen LogP contribution in [0.5, 0.6) is 0 Å². The zero-order chi connectivity index (χ0) is 12.0. The predicted octanol–water partition coefficient (Wildman–Crippen LogP) is 1.93. The van der Waals surface area contributed by atoms with E-state index in [-0.39, 0.29) is 0 Å². The molecule has 3 heteroatoms. The molecule has 0 heterocycles. The van der Waals surface area contributed by atoms with Crippen LogP contribution in [0, 0.1) is 11.8 Å². The van der Waals surface area contributed by atoms with Crippen LogP contribution in [0.25, 0.3) is 0 Å². The first-order chi connectivity index (χ1) is 7.62. The first-order valence-electron chi connectivity index (χ1n) is 6.53.